The minimum atomic E-state index is -4.46. The number of nitrogens with two attached hydrogens (primary N) is 3. The lowest BCUT2D eigenvalue weighted by Gasteiger charge is -2.19. The number of hydrogen-bond acceptors (Lipinski definition) is 12. The first kappa shape index (κ1) is 23.4. The second-order valence-electron chi connectivity index (χ2n) is 6.61. The van der Waals surface area contributed by atoms with Crippen LogP contribution in [0.5, 0.6) is 0 Å². The molecule has 1 aliphatic heterocycles. The first-order valence-corrected chi connectivity index (χ1v) is 11.8. The highest BCUT2D eigenvalue weighted by atomic mass is 32.2. The molecule has 3 heterocycles. The highest BCUT2D eigenvalue weighted by Gasteiger charge is 2.41. The van der Waals surface area contributed by atoms with E-state index in [2.05, 4.69) is 15.0 Å². The number of fused-ring (bicyclic) bond motifs is 1. The lowest BCUT2D eigenvalue weighted by Crippen LogP contribution is -2.39. The number of aromatic nitrogens is 4. The Kier molecular flexibility index (Phi) is 6.59. The summed E-state index contributed by atoms with van der Waals surface area (Å²) in [6.45, 7) is -0.653. The minimum Gasteiger partial charge on any atom is -0.480 e. The van der Waals surface area contributed by atoms with Crippen molar-refractivity contribution in [3.8, 4) is 0 Å². The molecule has 8 N–H and O–H groups in total. The Hall–Kier alpha value is -2.24. The Morgan fingerprint density at radius 3 is 2.77 bits per heavy atom. The van der Waals surface area contributed by atoms with Crippen LogP contribution in [0.25, 0.3) is 11.2 Å². The smallest absolute Gasteiger partial charge is 0.400 e. The zero-order valence-electron chi connectivity index (χ0n) is 15.7. The van der Waals surface area contributed by atoms with Gasteiger partial charge in [-0.15, -0.1) is 0 Å². The predicted octanol–water partition coefficient (Wildman–Crippen LogP) is -2.10. The topological polar surface area (TPSA) is 258 Å². The largest absolute Gasteiger partial charge is 0.480 e. The molecular formula is C13H20N7O9PS. The molecule has 0 radical (unpaired) electrons. The number of carboxylic acids is 1. The zero-order valence-corrected chi connectivity index (χ0v) is 17.4. The van der Waals surface area contributed by atoms with E-state index < -0.39 is 60.7 Å². The molecule has 172 valence electrons. The van der Waals surface area contributed by atoms with E-state index in [1.807, 2.05) is 0 Å². The van der Waals surface area contributed by atoms with Crippen LogP contribution in [0.4, 0.5) is 5.82 Å². The van der Waals surface area contributed by atoms with Crippen LogP contribution in [0.1, 0.15) is 12.6 Å². The molecular weight excluding hydrogens is 461 g/mol. The molecule has 5 atom stereocenters. The van der Waals surface area contributed by atoms with Crippen LogP contribution in [0.3, 0.4) is 0 Å². The molecule has 31 heavy (non-hydrogen) atoms. The highest BCUT2D eigenvalue weighted by molar-refractivity contribution is 7.86. The molecule has 1 unspecified atom stereocenters. The fraction of sp³-hybridized carbons (Fsp3) is 0.538. The molecule has 0 aliphatic carbocycles. The van der Waals surface area contributed by atoms with Crippen molar-refractivity contribution in [2.45, 2.75) is 30.9 Å². The number of nitrogens with zero attached hydrogens (tertiary/aromatic N) is 4. The van der Waals surface area contributed by atoms with Gasteiger partial charge in [-0.3, -0.25) is 18.1 Å². The van der Waals surface area contributed by atoms with E-state index >= 15 is 0 Å². The maximum absolute atomic E-state index is 12.0. The Labute approximate surface area is 175 Å². The van der Waals surface area contributed by atoms with Gasteiger partial charge in [0.2, 0.25) is 0 Å². The number of imidazole rings is 1. The number of hydrogen-bond donors (Lipinski definition) is 5. The predicted molar refractivity (Wildman–Crippen MR) is 102 cm³/mol. The number of carboxylic acid groups (broad SMARTS) is 1. The van der Waals surface area contributed by atoms with E-state index in [9.17, 15) is 22.7 Å². The zero-order chi connectivity index (χ0) is 23.0. The van der Waals surface area contributed by atoms with Crippen molar-refractivity contribution in [1.82, 2.24) is 19.5 Å². The third-order valence-electron chi connectivity index (χ3n) is 4.28. The van der Waals surface area contributed by atoms with Gasteiger partial charge in [-0.1, -0.05) is 0 Å². The van der Waals surface area contributed by atoms with Crippen molar-refractivity contribution >= 4 is 40.8 Å². The van der Waals surface area contributed by atoms with Crippen LogP contribution in [-0.4, -0.2) is 74.5 Å². The van der Waals surface area contributed by atoms with Gasteiger partial charge in [0.05, 0.1) is 12.9 Å². The SMILES string of the molecule is Nc1ncnc2c1ncn2[C@H]1C[C@H](OP(N)(=O)O)[C@@H](COS(=O)(=O)C[C@H](N)C(=O)O)O1. The van der Waals surface area contributed by atoms with Gasteiger partial charge in [0.15, 0.2) is 11.5 Å². The quantitative estimate of drug-likeness (QED) is 0.190. The maximum Gasteiger partial charge on any atom is 0.400 e. The van der Waals surface area contributed by atoms with Crippen LogP contribution < -0.4 is 17.0 Å². The lowest BCUT2D eigenvalue weighted by molar-refractivity contribution is -0.138. The van der Waals surface area contributed by atoms with E-state index in [4.69, 9.17) is 35.5 Å². The summed E-state index contributed by atoms with van der Waals surface area (Å²) < 4.78 is 52.4. The molecule has 0 aromatic carbocycles. The first-order valence-electron chi connectivity index (χ1n) is 8.60. The molecule has 16 nitrogen and oxygen atoms in total. The number of carbonyl (C=O) groups is 1. The standard InChI is InChI=1S/C13H20N7O9PS/c14-6(13(21)22)3-31(25,26)27-2-8-7(29-30(16,23)24)1-9(28-8)20-5-19-10-11(15)17-4-18-12(10)20/h4-9H,1-3,14H2,(H,21,22)(H2,15,17,18)(H3,16,23,24)/t6-,7-,8+,9+/m0/s1. The van der Waals surface area contributed by atoms with Gasteiger partial charge in [-0.05, 0) is 0 Å². The number of ether oxygens (including phenoxy) is 1. The Morgan fingerprint density at radius 2 is 2.13 bits per heavy atom. The first-order chi connectivity index (χ1) is 14.4. The van der Waals surface area contributed by atoms with E-state index in [-0.39, 0.29) is 12.2 Å². The van der Waals surface area contributed by atoms with Gasteiger partial charge in [0.25, 0.3) is 10.1 Å². The maximum atomic E-state index is 12.0. The summed E-state index contributed by atoms with van der Waals surface area (Å²) in [6.07, 6.45) is -0.649. The summed E-state index contributed by atoms with van der Waals surface area (Å²) in [6, 6.07) is -1.70. The van der Waals surface area contributed by atoms with Gasteiger partial charge < -0.3 is 26.2 Å². The number of rotatable bonds is 9. The molecule has 1 saturated heterocycles. The molecule has 1 aliphatic rings. The van der Waals surface area contributed by atoms with E-state index in [0.717, 1.165) is 0 Å². The van der Waals surface area contributed by atoms with Crippen molar-refractivity contribution in [2.24, 2.45) is 11.2 Å². The van der Waals surface area contributed by atoms with Gasteiger partial charge in [-0.2, -0.15) is 8.42 Å². The van der Waals surface area contributed by atoms with Crippen molar-refractivity contribution in [3.63, 3.8) is 0 Å². The summed E-state index contributed by atoms with van der Waals surface area (Å²) in [5, 5.41) is 8.75. The fourth-order valence-electron chi connectivity index (χ4n) is 2.92. The van der Waals surface area contributed by atoms with Crippen molar-refractivity contribution in [1.29, 1.82) is 0 Å². The average Bonchev–Trinajstić information content (AvgIpc) is 3.23. The van der Waals surface area contributed by atoms with Crippen LogP contribution in [0.2, 0.25) is 0 Å². The monoisotopic (exact) mass is 481 g/mol. The second-order valence-corrected chi connectivity index (χ2v) is 9.63. The molecule has 1 fully saturated rings. The second kappa shape index (κ2) is 8.71. The summed E-state index contributed by atoms with van der Waals surface area (Å²) in [4.78, 5) is 32.1. The number of nitrogen functional groups attached to an aromatic ring is 1. The van der Waals surface area contributed by atoms with E-state index in [1.165, 1.54) is 17.2 Å². The van der Waals surface area contributed by atoms with Crippen molar-refractivity contribution in [3.05, 3.63) is 12.7 Å². The van der Waals surface area contributed by atoms with Crippen LogP contribution >= 0.6 is 7.75 Å². The van der Waals surface area contributed by atoms with Gasteiger partial charge in [0.1, 0.15) is 42.1 Å². The number of anilines is 1. The summed E-state index contributed by atoms with van der Waals surface area (Å²) in [7, 11) is -8.82. The fourth-order valence-corrected chi connectivity index (χ4v) is 4.55. The Morgan fingerprint density at radius 1 is 1.42 bits per heavy atom. The Bertz CT molecular complexity index is 1120. The van der Waals surface area contributed by atoms with Crippen LogP contribution in [0.15, 0.2) is 12.7 Å². The molecule has 0 amide bonds. The normalized spacial score (nSPS) is 24.8. The van der Waals surface area contributed by atoms with Gasteiger partial charge >= 0.3 is 13.7 Å². The summed E-state index contributed by atoms with van der Waals surface area (Å²) in [5.74, 6) is -2.39. The summed E-state index contributed by atoms with van der Waals surface area (Å²) in [5.41, 5.74) is 16.6. The third kappa shape index (κ3) is 5.72. The third-order valence-corrected chi connectivity index (χ3v) is 6.11. The molecule has 18 heteroatoms. The highest BCUT2D eigenvalue weighted by Crippen LogP contribution is 2.41. The lowest BCUT2D eigenvalue weighted by atomic mass is 10.2. The molecule has 2 aromatic heterocycles. The average molecular weight is 481 g/mol. The summed E-state index contributed by atoms with van der Waals surface area (Å²) >= 11 is 0. The van der Waals surface area contributed by atoms with E-state index in [0.29, 0.717) is 11.2 Å². The van der Waals surface area contributed by atoms with Crippen molar-refractivity contribution < 1.29 is 41.2 Å². The molecule has 0 bridgehead atoms. The van der Waals surface area contributed by atoms with Crippen LogP contribution in [0, 0.1) is 0 Å². The van der Waals surface area contributed by atoms with E-state index in [1.54, 1.807) is 0 Å². The van der Waals surface area contributed by atoms with Crippen LogP contribution in [-0.2, 0) is 32.9 Å². The molecule has 3 rings (SSSR count). The molecule has 0 spiro atoms. The minimum absolute atomic E-state index is 0.0418. The molecule has 2 aromatic rings. The Balaban J connectivity index is 1.78. The van der Waals surface area contributed by atoms with Gasteiger partial charge in [0, 0.05) is 6.42 Å². The van der Waals surface area contributed by atoms with Crippen molar-refractivity contribution in [2.75, 3.05) is 18.1 Å². The van der Waals surface area contributed by atoms with Gasteiger partial charge in [-0.25, -0.2) is 25.0 Å². The number of aliphatic carboxylic acids is 1. The molecule has 0 saturated carbocycles.